The summed E-state index contributed by atoms with van der Waals surface area (Å²) in [6.07, 6.45) is -0.187. The fraction of sp³-hybridized carbons (Fsp3) is 0.556. The molecule has 2 atom stereocenters. The summed E-state index contributed by atoms with van der Waals surface area (Å²) >= 11 is 0. The molecule has 0 bridgehead atoms. The molecule has 0 aromatic carbocycles. The van der Waals surface area contributed by atoms with Crippen LogP contribution in [0.3, 0.4) is 0 Å². The topological polar surface area (TPSA) is 213 Å². The van der Waals surface area contributed by atoms with Crippen LogP contribution in [0.5, 0.6) is 0 Å². The molecule has 0 fully saturated rings. The molecule has 0 unspecified atom stereocenters. The van der Waals surface area contributed by atoms with Gasteiger partial charge in [0, 0.05) is 6.42 Å². The second kappa shape index (κ2) is 9.79. The Morgan fingerprint density at radius 1 is 0.842 bits per heavy atom. The van der Waals surface area contributed by atoms with E-state index in [0.29, 0.717) is 0 Å². The third-order valence-electron chi connectivity index (χ3n) is 1.76. The number of aliphatic carboxylic acids is 2. The standard InChI is InChI=1S/C5H10N2O3.C4H8N2O3/c6-3(5(9)10)1-2-4(7)8;5-2(4(8)9)1-3(6)7/h3H,1-2,6H2,(H2,7,8)(H,9,10);2H,1,5H2,(H2,6,7)(H,8,9)/t3-;2-/m11/s1. The zero-order valence-electron chi connectivity index (χ0n) is 10.1. The van der Waals surface area contributed by atoms with E-state index >= 15 is 0 Å². The van der Waals surface area contributed by atoms with Crippen LogP contribution in [-0.4, -0.2) is 46.0 Å². The molecule has 10 nitrogen and oxygen atoms in total. The van der Waals surface area contributed by atoms with E-state index in [9.17, 15) is 19.2 Å². The van der Waals surface area contributed by atoms with Crippen molar-refractivity contribution in [1.82, 2.24) is 0 Å². The van der Waals surface area contributed by atoms with Crippen molar-refractivity contribution in [2.24, 2.45) is 22.9 Å². The molecular formula is C9H18N4O6. The van der Waals surface area contributed by atoms with Gasteiger partial charge in [-0.05, 0) is 6.42 Å². The monoisotopic (exact) mass is 278 g/mol. The Hall–Kier alpha value is -2.20. The summed E-state index contributed by atoms with van der Waals surface area (Å²) in [4.78, 5) is 40.0. The third-order valence-corrected chi connectivity index (χ3v) is 1.76. The highest BCUT2D eigenvalue weighted by Gasteiger charge is 2.13. The summed E-state index contributed by atoms with van der Waals surface area (Å²) < 4.78 is 0. The van der Waals surface area contributed by atoms with Crippen LogP contribution < -0.4 is 22.9 Å². The van der Waals surface area contributed by atoms with Crippen molar-refractivity contribution in [2.45, 2.75) is 31.3 Å². The number of hydrogen-bond donors (Lipinski definition) is 6. The number of carboxylic acids is 2. The molecule has 0 heterocycles. The SMILES string of the molecule is NC(=O)CC[C@@H](N)C(=O)O.NC(=O)C[C@@H](N)C(=O)O. The van der Waals surface area contributed by atoms with Crippen LogP contribution in [0.2, 0.25) is 0 Å². The van der Waals surface area contributed by atoms with Gasteiger partial charge in [-0.3, -0.25) is 19.2 Å². The molecule has 0 saturated carbocycles. The molecule has 0 radical (unpaired) electrons. The zero-order valence-corrected chi connectivity index (χ0v) is 10.1. The maximum Gasteiger partial charge on any atom is 0.321 e. The molecule has 0 aromatic rings. The van der Waals surface area contributed by atoms with E-state index in [1.54, 1.807) is 0 Å². The van der Waals surface area contributed by atoms with Crippen molar-refractivity contribution in [3.63, 3.8) is 0 Å². The second-order valence-corrected chi connectivity index (χ2v) is 3.56. The van der Waals surface area contributed by atoms with Gasteiger partial charge in [0.1, 0.15) is 12.1 Å². The van der Waals surface area contributed by atoms with Gasteiger partial charge in [-0.2, -0.15) is 0 Å². The highest BCUT2D eigenvalue weighted by atomic mass is 16.4. The normalized spacial score (nSPS) is 12.5. The predicted octanol–water partition coefficient (Wildman–Crippen LogP) is -3.06. The molecule has 0 spiro atoms. The summed E-state index contributed by atoms with van der Waals surface area (Å²) in [5, 5.41) is 16.3. The fourth-order valence-electron chi connectivity index (χ4n) is 0.725. The van der Waals surface area contributed by atoms with E-state index in [-0.39, 0.29) is 19.3 Å². The highest BCUT2D eigenvalue weighted by Crippen LogP contribution is 1.92. The van der Waals surface area contributed by atoms with Gasteiger partial charge in [0.15, 0.2) is 0 Å². The van der Waals surface area contributed by atoms with Gasteiger partial charge in [-0.15, -0.1) is 0 Å². The van der Waals surface area contributed by atoms with E-state index in [1.165, 1.54) is 0 Å². The Balaban J connectivity index is 0. The fourth-order valence-corrected chi connectivity index (χ4v) is 0.725. The number of nitrogens with two attached hydrogens (primary N) is 4. The van der Waals surface area contributed by atoms with Crippen molar-refractivity contribution in [3.05, 3.63) is 0 Å². The van der Waals surface area contributed by atoms with Crippen LogP contribution in [0.15, 0.2) is 0 Å². The maximum absolute atomic E-state index is 10.1. The molecule has 19 heavy (non-hydrogen) atoms. The first-order chi connectivity index (χ1) is 8.57. The molecule has 0 aliphatic carbocycles. The average Bonchev–Trinajstić information content (AvgIpc) is 2.25. The Kier molecular flexibility index (Phi) is 9.87. The number of rotatable bonds is 7. The average molecular weight is 278 g/mol. The zero-order chi connectivity index (χ0) is 15.6. The van der Waals surface area contributed by atoms with Crippen molar-refractivity contribution in [2.75, 3.05) is 0 Å². The lowest BCUT2D eigenvalue weighted by Gasteiger charge is -2.01. The molecule has 0 saturated heterocycles. The number of hydrogen-bond acceptors (Lipinski definition) is 6. The van der Waals surface area contributed by atoms with Gasteiger partial charge in [0.2, 0.25) is 11.8 Å². The number of carbonyl (C=O) groups is 4. The highest BCUT2D eigenvalue weighted by molar-refractivity contribution is 5.83. The quantitative estimate of drug-likeness (QED) is 0.280. The number of primary amides is 2. The summed E-state index contributed by atoms with van der Waals surface area (Å²) in [5.74, 6) is -3.56. The Labute approximate surface area is 108 Å². The van der Waals surface area contributed by atoms with Gasteiger partial charge in [-0.1, -0.05) is 0 Å². The van der Waals surface area contributed by atoms with Crippen molar-refractivity contribution < 1.29 is 29.4 Å². The first-order valence-electron chi connectivity index (χ1n) is 5.11. The van der Waals surface area contributed by atoms with E-state index in [2.05, 4.69) is 5.73 Å². The van der Waals surface area contributed by atoms with Crippen LogP contribution in [0, 0.1) is 0 Å². The molecule has 0 rings (SSSR count). The molecule has 0 aromatic heterocycles. The largest absolute Gasteiger partial charge is 0.480 e. The van der Waals surface area contributed by atoms with Crippen LogP contribution >= 0.6 is 0 Å². The Bertz CT molecular complexity index is 346. The molecular weight excluding hydrogens is 260 g/mol. The van der Waals surface area contributed by atoms with Crippen LogP contribution in [-0.2, 0) is 19.2 Å². The van der Waals surface area contributed by atoms with Crippen molar-refractivity contribution in [3.8, 4) is 0 Å². The number of carbonyl (C=O) groups excluding carboxylic acids is 2. The predicted molar refractivity (Wildman–Crippen MR) is 63.5 cm³/mol. The molecule has 2 amide bonds. The Morgan fingerprint density at radius 3 is 1.47 bits per heavy atom. The van der Waals surface area contributed by atoms with Crippen LogP contribution in [0.4, 0.5) is 0 Å². The minimum Gasteiger partial charge on any atom is -0.480 e. The van der Waals surface area contributed by atoms with Crippen LogP contribution in [0.1, 0.15) is 19.3 Å². The summed E-state index contributed by atoms with van der Waals surface area (Å²) in [5.41, 5.74) is 19.4. The number of amides is 2. The molecule has 110 valence electrons. The first kappa shape index (κ1) is 19.1. The lowest BCUT2D eigenvalue weighted by molar-refractivity contribution is -0.140. The van der Waals surface area contributed by atoms with E-state index in [0.717, 1.165) is 0 Å². The molecule has 0 aliphatic rings. The summed E-state index contributed by atoms with van der Waals surface area (Å²) in [6, 6.07) is -2.14. The van der Waals surface area contributed by atoms with E-state index < -0.39 is 35.8 Å². The van der Waals surface area contributed by atoms with Gasteiger partial charge < -0.3 is 33.1 Å². The van der Waals surface area contributed by atoms with Gasteiger partial charge in [0.25, 0.3) is 0 Å². The van der Waals surface area contributed by atoms with E-state index in [1.807, 2.05) is 0 Å². The van der Waals surface area contributed by atoms with Gasteiger partial charge in [0.05, 0.1) is 6.42 Å². The van der Waals surface area contributed by atoms with Crippen molar-refractivity contribution >= 4 is 23.8 Å². The molecule has 0 aliphatic heterocycles. The molecule has 10 heteroatoms. The Morgan fingerprint density at radius 2 is 1.26 bits per heavy atom. The minimum absolute atomic E-state index is 0.0213. The van der Waals surface area contributed by atoms with Crippen molar-refractivity contribution in [1.29, 1.82) is 0 Å². The summed E-state index contributed by atoms with van der Waals surface area (Å²) in [6.45, 7) is 0. The van der Waals surface area contributed by atoms with Gasteiger partial charge >= 0.3 is 11.9 Å². The smallest absolute Gasteiger partial charge is 0.321 e. The van der Waals surface area contributed by atoms with Crippen LogP contribution in [0.25, 0.3) is 0 Å². The lowest BCUT2D eigenvalue weighted by atomic mass is 10.2. The maximum atomic E-state index is 10.1. The van der Waals surface area contributed by atoms with Gasteiger partial charge in [-0.25, -0.2) is 0 Å². The number of carboxylic acid groups (broad SMARTS) is 2. The minimum atomic E-state index is -1.21. The molecule has 10 N–H and O–H groups in total. The summed E-state index contributed by atoms with van der Waals surface area (Å²) in [7, 11) is 0. The first-order valence-corrected chi connectivity index (χ1v) is 5.11. The van der Waals surface area contributed by atoms with E-state index in [4.69, 9.17) is 27.4 Å². The second-order valence-electron chi connectivity index (χ2n) is 3.56. The third kappa shape index (κ3) is 13.7. The lowest BCUT2D eigenvalue weighted by Crippen LogP contribution is -2.34.